The minimum absolute atomic E-state index is 0.0886. The number of hydrogen-bond donors (Lipinski definition) is 3. The van der Waals surface area contributed by atoms with Crippen molar-refractivity contribution in [3.63, 3.8) is 0 Å². The van der Waals surface area contributed by atoms with Crippen LogP contribution in [0.25, 0.3) is 21.8 Å². The summed E-state index contributed by atoms with van der Waals surface area (Å²) in [5, 5.41) is 9.15. The number of aromatic nitrogens is 2. The first kappa shape index (κ1) is 20.5. The van der Waals surface area contributed by atoms with Crippen molar-refractivity contribution < 1.29 is 9.53 Å². The van der Waals surface area contributed by atoms with Gasteiger partial charge in [-0.1, -0.05) is 29.8 Å². The number of halogens is 1. The number of H-pyrrole nitrogens is 1. The van der Waals surface area contributed by atoms with Crippen LogP contribution in [0.4, 0.5) is 11.4 Å². The zero-order valence-corrected chi connectivity index (χ0v) is 18.7. The molecule has 3 N–H and O–H groups in total. The molecular weight excluding hydrogens is 438 g/mol. The number of pyridine rings is 1. The number of nitrogens with one attached hydrogen (secondary N) is 3. The Hall–Kier alpha value is -3.13. The number of para-hydroxylation sites is 1. The highest BCUT2D eigenvalue weighted by atomic mass is 35.5. The normalized spacial score (nSPS) is 20.6. The lowest BCUT2D eigenvalue weighted by molar-refractivity contribution is -0.127. The highest BCUT2D eigenvalue weighted by Crippen LogP contribution is 2.34. The zero-order valence-electron chi connectivity index (χ0n) is 18.0. The molecule has 2 aliphatic heterocycles. The number of benzene rings is 2. The molecule has 1 amide bonds. The Morgan fingerprint density at radius 1 is 1.24 bits per heavy atom. The predicted molar refractivity (Wildman–Crippen MR) is 131 cm³/mol. The standard InChI is InChI=1S/C25H24ClN5O2/c26-16-9-19-18-5-6-27-12-22(18)29-24(19)21(10-16)30-25(32)23-14-33-8-7-31(23)13-15-11-28-20-4-2-1-3-17(15)20/h1-6,9-10,12,15,23,28-29H,7-8,11,13-14H2,(H,30,32)/t15?,23-/m0/s1. The van der Waals surface area contributed by atoms with Crippen LogP contribution < -0.4 is 10.6 Å². The minimum Gasteiger partial charge on any atom is -0.384 e. The van der Waals surface area contributed by atoms with Gasteiger partial charge in [0.05, 0.1) is 36.1 Å². The van der Waals surface area contributed by atoms with Crippen molar-refractivity contribution >= 4 is 50.7 Å². The second-order valence-corrected chi connectivity index (χ2v) is 9.10. The topological polar surface area (TPSA) is 82.3 Å². The largest absolute Gasteiger partial charge is 0.384 e. The molecule has 6 rings (SSSR count). The third-order valence-electron chi connectivity index (χ3n) is 6.67. The summed E-state index contributed by atoms with van der Waals surface area (Å²) in [5.74, 6) is 0.253. The van der Waals surface area contributed by atoms with E-state index in [9.17, 15) is 4.79 Å². The van der Waals surface area contributed by atoms with Gasteiger partial charge in [0.1, 0.15) is 6.04 Å². The van der Waals surface area contributed by atoms with Crippen LogP contribution in [0, 0.1) is 0 Å². The highest BCUT2D eigenvalue weighted by molar-refractivity contribution is 6.33. The fourth-order valence-electron chi connectivity index (χ4n) is 5.03. The number of ether oxygens (including phenoxy) is 1. The third kappa shape index (κ3) is 3.72. The number of amides is 1. The van der Waals surface area contributed by atoms with Gasteiger partial charge in [-0.05, 0) is 29.8 Å². The van der Waals surface area contributed by atoms with E-state index < -0.39 is 0 Å². The molecule has 0 bridgehead atoms. The molecule has 7 nitrogen and oxygen atoms in total. The second-order valence-electron chi connectivity index (χ2n) is 8.66. The van der Waals surface area contributed by atoms with Gasteiger partial charge >= 0.3 is 0 Å². The first-order valence-corrected chi connectivity index (χ1v) is 11.6. The number of hydrogen-bond acceptors (Lipinski definition) is 5. The van der Waals surface area contributed by atoms with Crippen molar-refractivity contribution in [1.29, 1.82) is 0 Å². The number of aromatic amines is 1. The number of rotatable bonds is 4. The molecule has 2 aromatic carbocycles. The smallest absolute Gasteiger partial charge is 0.244 e. The molecular formula is C25H24ClN5O2. The summed E-state index contributed by atoms with van der Waals surface area (Å²) in [6.07, 6.45) is 3.53. The fourth-order valence-corrected chi connectivity index (χ4v) is 5.25. The number of nitrogens with zero attached hydrogens (tertiary/aromatic N) is 2. The third-order valence-corrected chi connectivity index (χ3v) is 6.89. The maximum Gasteiger partial charge on any atom is 0.244 e. The van der Waals surface area contributed by atoms with Gasteiger partial charge in [-0.15, -0.1) is 0 Å². The quantitative estimate of drug-likeness (QED) is 0.424. The van der Waals surface area contributed by atoms with Crippen molar-refractivity contribution in [2.45, 2.75) is 12.0 Å². The Kier molecular flexibility index (Phi) is 5.17. The monoisotopic (exact) mass is 461 g/mol. The average molecular weight is 462 g/mol. The number of anilines is 2. The molecule has 1 saturated heterocycles. The van der Waals surface area contributed by atoms with Crippen molar-refractivity contribution in [3.05, 3.63) is 65.4 Å². The molecule has 2 aromatic heterocycles. The summed E-state index contributed by atoms with van der Waals surface area (Å²) < 4.78 is 5.70. The van der Waals surface area contributed by atoms with Crippen molar-refractivity contribution in [1.82, 2.24) is 14.9 Å². The maximum atomic E-state index is 13.4. The minimum atomic E-state index is -0.369. The average Bonchev–Trinajstić information content (AvgIpc) is 3.41. The first-order chi connectivity index (χ1) is 16.2. The summed E-state index contributed by atoms with van der Waals surface area (Å²) in [6, 6.07) is 13.7. The van der Waals surface area contributed by atoms with Gasteiger partial charge in [-0.3, -0.25) is 14.7 Å². The molecule has 2 atom stereocenters. The molecule has 0 radical (unpaired) electrons. The van der Waals surface area contributed by atoms with E-state index in [1.807, 2.05) is 18.2 Å². The van der Waals surface area contributed by atoms with Crippen molar-refractivity contribution in [2.75, 3.05) is 43.5 Å². The molecule has 1 fully saturated rings. The van der Waals surface area contributed by atoms with E-state index in [4.69, 9.17) is 16.3 Å². The van der Waals surface area contributed by atoms with Gasteiger partial charge in [-0.2, -0.15) is 0 Å². The summed E-state index contributed by atoms with van der Waals surface area (Å²) in [5.41, 5.74) is 4.91. The van der Waals surface area contributed by atoms with E-state index in [2.05, 4.69) is 43.7 Å². The maximum absolute atomic E-state index is 13.4. The van der Waals surface area contributed by atoms with Gasteiger partial charge < -0.3 is 20.4 Å². The van der Waals surface area contributed by atoms with Gasteiger partial charge in [0, 0.05) is 53.2 Å². The molecule has 1 unspecified atom stereocenters. The van der Waals surface area contributed by atoms with Gasteiger partial charge in [0.25, 0.3) is 0 Å². The van der Waals surface area contributed by atoms with Crippen LogP contribution in [0.1, 0.15) is 11.5 Å². The lowest BCUT2D eigenvalue weighted by Gasteiger charge is -2.36. The molecule has 2 aliphatic rings. The molecule has 33 heavy (non-hydrogen) atoms. The molecule has 4 heterocycles. The van der Waals surface area contributed by atoms with Crippen molar-refractivity contribution in [3.8, 4) is 0 Å². The SMILES string of the molecule is O=C(Nc1cc(Cl)cc2c1[nH]c1cnccc12)[C@@H]1COCCN1CC1CNc2ccccc21. The molecule has 0 aliphatic carbocycles. The van der Waals surface area contributed by atoms with Crippen LogP contribution in [-0.2, 0) is 9.53 Å². The summed E-state index contributed by atoms with van der Waals surface area (Å²) in [4.78, 5) is 23.3. The van der Waals surface area contributed by atoms with E-state index in [0.717, 1.165) is 41.4 Å². The first-order valence-electron chi connectivity index (χ1n) is 11.2. The number of carbonyl (C=O) groups is 1. The number of fused-ring (bicyclic) bond motifs is 4. The van der Waals surface area contributed by atoms with Crippen LogP contribution in [-0.4, -0.2) is 59.7 Å². The Morgan fingerprint density at radius 2 is 2.15 bits per heavy atom. The number of morpholine rings is 1. The van der Waals surface area contributed by atoms with Crippen LogP contribution in [0.2, 0.25) is 5.02 Å². The van der Waals surface area contributed by atoms with Gasteiger partial charge in [-0.25, -0.2) is 0 Å². The Balaban J connectivity index is 1.27. The second kappa shape index (κ2) is 8.33. The molecule has 0 spiro atoms. The van der Waals surface area contributed by atoms with Crippen LogP contribution >= 0.6 is 11.6 Å². The molecule has 8 heteroatoms. The summed E-state index contributed by atoms with van der Waals surface area (Å²) >= 11 is 6.42. The van der Waals surface area contributed by atoms with Gasteiger partial charge in [0.15, 0.2) is 0 Å². The summed E-state index contributed by atoms with van der Waals surface area (Å²) in [6.45, 7) is 3.40. The van der Waals surface area contributed by atoms with Gasteiger partial charge in [0.2, 0.25) is 5.91 Å². The summed E-state index contributed by atoms with van der Waals surface area (Å²) in [7, 11) is 0. The van der Waals surface area contributed by atoms with Crippen molar-refractivity contribution in [2.24, 2.45) is 0 Å². The van der Waals surface area contributed by atoms with E-state index in [1.165, 1.54) is 11.3 Å². The number of carbonyl (C=O) groups excluding carboxylic acids is 1. The van der Waals surface area contributed by atoms with E-state index in [-0.39, 0.29) is 11.9 Å². The van der Waals surface area contributed by atoms with Crippen LogP contribution in [0.5, 0.6) is 0 Å². The predicted octanol–water partition coefficient (Wildman–Crippen LogP) is 4.22. The zero-order chi connectivity index (χ0) is 22.4. The fraction of sp³-hybridized carbons (Fsp3) is 0.280. The molecule has 0 saturated carbocycles. The Bertz CT molecular complexity index is 1350. The van der Waals surface area contributed by atoms with E-state index >= 15 is 0 Å². The van der Waals surface area contributed by atoms with E-state index in [0.29, 0.717) is 29.8 Å². The lowest BCUT2D eigenvalue weighted by Crippen LogP contribution is -2.53. The highest BCUT2D eigenvalue weighted by Gasteiger charge is 2.33. The molecule has 4 aromatic rings. The van der Waals surface area contributed by atoms with Crippen LogP contribution in [0.15, 0.2) is 54.9 Å². The Labute approximate surface area is 196 Å². The van der Waals surface area contributed by atoms with Crippen LogP contribution in [0.3, 0.4) is 0 Å². The lowest BCUT2D eigenvalue weighted by atomic mass is 9.99. The van der Waals surface area contributed by atoms with E-state index in [1.54, 1.807) is 18.5 Å². The molecule has 168 valence electrons. The Morgan fingerprint density at radius 3 is 3.09 bits per heavy atom.